The van der Waals surface area contributed by atoms with E-state index in [1.54, 1.807) is 0 Å². The van der Waals surface area contributed by atoms with Gasteiger partial charge in [-0.15, -0.1) is 0 Å². The summed E-state index contributed by atoms with van der Waals surface area (Å²) in [7, 11) is -1.54. The van der Waals surface area contributed by atoms with Gasteiger partial charge in [-0.3, -0.25) is 0 Å². The van der Waals surface area contributed by atoms with Gasteiger partial charge in [-0.25, -0.2) is 0 Å². The van der Waals surface area contributed by atoms with Crippen LogP contribution in [0.5, 0.6) is 0 Å². The third-order valence-corrected chi connectivity index (χ3v) is 0.287. The van der Waals surface area contributed by atoms with Gasteiger partial charge in [0.15, 0.2) is 0 Å². The van der Waals surface area contributed by atoms with Gasteiger partial charge in [0.25, 0.3) is 0 Å². The van der Waals surface area contributed by atoms with E-state index in [0.29, 0.717) is 0 Å². The molecule has 2 N–H and O–H groups in total. The maximum absolute atomic E-state index is 7.00. The third-order valence-electron chi connectivity index (χ3n) is 0.287. The first-order valence-electron chi connectivity index (χ1n) is 7.88. The predicted octanol–water partition coefficient (Wildman–Crippen LogP) is -0.750. The minimum absolute atomic E-state index is 1.00. The Bertz CT molecular complexity index is 289. The molecule has 1 fully saturated rings. The van der Waals surface area contributed by atoms with Crippen LogP contribution in [-0.2, 0) is 9.47 Å². The maximum Gasteiger partial charge on any atom is 0.210 e. The number of ether oxygens (including phenoxy) is 2. The molecule has 1 aliphatic rings. The lowest BCUT2D eigenvalue weighted by molar-refractivity contribution is -0.0334. The molecule has 4 heteroatoms. The minimum Gasteiger partial charge on any atom is -0.400 e. The summed E-state index contributed by atoms with van der Waals surface area (Å²) in [6, 6.07) is 0. The lowest BCUT2D eigenvalue weighted by atomic mass is 10.6. The van der Waals surface area contributed by atoms with Crippen molar-refractivity contribution in [3.8, 4) is 0 Å². The van der Waals surface area contributed by atoms with E-state index in [9.17, 15) is 0 Å². The van der Waals surface area contributed by atoms with E-state index < -0.39 is 33.3 Å². The fourth-order valence-electron chi connectivity index (χ4n) is 0.134. The summed E-state index contributed by atoms with van der Waals surface area (Å²) in [5.41, 5.74) is 0. The van der Waals surface area contributed by atoms with Crippen molar-refractivity contribution in [1.82, 2.24) is 0 Å². The zero-order valence-electron chi connectivity index (χ0n) is 17.2. The average Bonchev–Trinajstić information content (AvgIpc) is 2.27. The highest BCUT2D eigenvalue weighted by molar-refractivity contribution is 4.37. The highest BCUT2D eigenvalue weighted by Gasteiger charge is 1.94. The molecule has 1 aliphatic heterocycles. The van der Waals surface area contributed by atoms with E-state index >= 15 is 0 Å². The van der Waals surface area contributed by atoms with Crippen molar-refractivity contribution in [2.24, 2.45) is 0 Å². The Kier molecular flexibility index (Phi) is 3.11. The first-order chi connectivity index (χ1) is 9.47. The van der Waals surface area contributed by atoms with Crippen molar-refractivity contribution in [3.63, 3.8) is 0 Å². The van der Waals surface area contributed by atoms with Gasteiger partial charge in [0.05, 0.1) is 41.3 Å². The SMILES string of the molecule is CO.[2H]C1([2H])OC([2H])([2H])C([2H])([2H])OC1([2H])[2H].[2H]OC([2H])([2H])[2H]. The molecule has 0 unspecified atom stereocenters. The number of hydrogen-bond donors (Lipinski definition) is 2. The van der Waals surface area contributed by atoms with Crippen molar-refractivity contribution in [3.05, 3.63) is 0 Å². The lowest BCUT2D eigenvalue weighted by Gasteiger charge is -2.09. The van der Waals surface area contributed by atoms with Gasteiger partial charge in [0.2, 0.25) is 1.43 Å². The van der Waals surface area contributed by atoms with Gasteiger partial charge in [-0.2, -0.15) is 0 Å². The molecular formula is C6H16O4. The average molecular weight is 164 g/mol. The summed E-state index contributed by atoms with van der Waals surface area (Å²) in [6.07, 6.45) is 0. The van der Waals surface area contributed by atoms with Crippen LogP contribution in [-0.4, -0.2) is 52.0 Å². The Morgan fingerprint density at radius 1 is 1.30 bits per heavy atom. The van der Waals surface area contributed by atoms with Crippen LogP contribution >= 0.6 is 0 Å². The van der Waals surface area contributed by atoms with Gasteiger partial charge >= 0.3 is 0 Å². The summed E-state index contributed by atoms with van der Waals surface area (Å²) in [6.45, 7) is -12.2. The molecule has 1 rings (SSSR count). The van der Waals surface area contributed by atoms with Crippen molar-refractivity contribution >= 4 is 0 Å². The van der Waals surface area contributed by atoms with Crippen molar-refractivity contribution in [1.29, 1.82) is 1.43 Å². The molecular weight excluding hydrogens is 136 g/mol. The second-order valence-electron chi connectivity index (χ2n) is 0.612. The van der Waals surface area contributed by atoms with Gasteiger partial charge in [-0.05, 0) is 0 Å². The van der Waals surface area contributed by atoms with Crippen LogP contribution in [0.2, 0.25) is 0 Å². The van der Waals surface area contributed by atoms with Gasteiger partial charge in [-0.1, -0.05) is 0 Å². The molecule has 0 saturated carbocycles. The Labute approximate surface area is 78.3 Å². The van der Waals surface area contributed by atoms with E-state index in [0.717, 1.165) is 7.11 Å². The molecule has 0 aliphatic carbocycles. The standard InChI is InChI=1S/C4H8O2.2CH4O/c1-2-6-4-3-5-1;2*1-2/h1-4H2;2*2H,1H3/i1D2,2D2,3D2,4D2;1D3,2D;. The van der Waals surface area contributed by atoms with Crippen LogP contribution in [0, 0.1) is 0 Å². The highest BCUT2D eigenvalue weighted by Crippen LogP contribution is 1.85. The van der Waals surface area contributed by atoms with Crippen LogP contribution < -0.4 is 0 Å². The molecule has 0 amide bonds. The normalized spacial score (nSPS) is 54.6. The Balaban J connectivity index is 0. The summed E-state index contributed by atoms with van der Waals surface area (Å²) in [5.74, 6) is 0. The number of aliphatic hydroxyl groups excluding tert-OH is 1. The molecule has 0 aromatic heterocycles. The Hall–Kier alpha value is -0.160. The Morgan fingerprint density at radius 3 is 1.80 bits per heavy atom. The fourth-order valence-corrected chi connectivity index (χ4v) is 0.134. The van der Waals surface area contributed by atoms with Crippen LogP contribution in [0.1, 0.15) is 15.1 Å². The number of hydrogen-bond acceptors (Lipinski definition) is 4. The molecule has 1 heterocycles. The van der Waals surface area contributed by atoms with Crippen LogP contribution in [0.3, 0.4) is 0 Å². The molecule has 4 nitrogen and oxygen atoms in total. The molecule has 0 bridgehead atoms. The minimum atomic E-state index is -3.04. The lowest BCUT2D eigenvalue weighted by Crippen LogP contribution is -2.16. The number of rotatable bonds is 0. The first-order valence-corrected chi connectivity index (χ1v) is 1.97. The van der Waals surface area contributed by atoms with Gasteiger partial charge in [0, 0.05) is 14.1 Å². The maximum atomic E-state index is 7.00. The van der Waals surface area contributed by atoms with Crippen LogP contribution in [0.4, 0.5) is 0 Å². The molecule has 64 valence electrons. The van der Waals surface area contributed by atoms with E-state index in [-0.39, 0.29) is 0 Å². The van der Waals surface area contributed by atoms with Crippen molar-refractivity contribution in [2.75, 3.05) is 40.4 Å². The summed E-state index contributed by atoms with van der Waals surface area (Å²) in [5, 5.41) is 10.2. The molecule has 0 aromatic rings. The predicted molar refractivity (Wildman–Crippen MR) is 37.9 cm³/mol. The van der Waals surface area contributed by atoms with E-state index in [1.165, 1.54) is 0 Å². The van der Waals surface area contributed by atoms with Crippen molar-refractivity contribution < 1.29 is 34.8 Å². The first kappa shape index (κ1) is 1.95. The molecule has 0 aromatic carbocycles. The van der Waals surface area contributed by atoms with E-state index in [4.69, 9.17) is 21.6 Å². The van der Waals surface area contributed by atoms with Crippen LogP contribution in [0.25, 0.3) is 0 Å². The topological polar surface area (TPSA) is 58.9 Å². The molecule has 0 atom stereocenters. The number of aliphatic hydroxyl groups is 2. The zero-order chi connectivity index (χ0) is 18.6. The summed E-state index contributed by atoms with van der Waals surface area (Å²) in [4.78, 5) is 0. The van der Waals surface area contributed by atoms with E-state index in [2.05, 4.69) is 14.6 Å². The third kappa shape index (κ3) is 10.8. The van der Waals surface area contributed by atoms with Gasteiger partial charge in [0.1, 0.15) is 0 Å². The monoisotopic (exact) mass is 164 g/mol. The zero-order valence-corrected chi connectivity index (χ0v) is 5.17. The molecule has 0 radical (unpaired) electrons. The highest BCUT2D eigenvalue weighted by atomic mass is 16.6. The second kappa shape index (κ2) is 15.9. The molecule has 0 spiro atoms. The quantitative estimate of drug-likeness (QED) is 0.494. The Morgan fingerprint density at radius 2 is 1.60 bits per heavy atom. The largest absolute Gasteiger partial charge is 0.400 e. The second-order valence-corrected chi connectivity index (χ2v) is 0.612. The van der Waals surface area contributed by atoms with Crippen LogP contribution in [0.15, 0.2) is 0 Å². The summed E-state index contributed by atoms with van der Waals surface area (Å²) >= 11 is 0. The fraction of sp³-hybridized carbons (Fsp3) is 1.00. The summed E-state index contributed by atoms with van der Waals surface area (Å²) < 4.78 is 88.3. The smallest absolute Gasteiger partial charge is 0.210 e. The van der Waals surface area contributed by atoms with Gasteiger partial charge < -0.3 is 19.7 Å². The van der Waals surface area contributed by atoms with Crippen molar-refractivity contribution in [2.45, 2.75) is 0 Å². The van der Waals surface area contributed by atoms with E-state index in [1.807, 2.05) is 0 Å². The molecule has 1 saturated heterocycles. The molecule has 10 heavy (non-hydrogen) atoms.